The van der Waals surface area contributed by atoms with E-state index < -0.39 is 10.7 Å². The summed E-state index contributed by atoms with van der Waals surface area (Å²) < 4.78 is 14.3. The number of hydrogen-bond acceptors (Lipinski definition) is 6. The lowest BCUT2D eigenvalue weighted by atomic mass is 10.1. The highest BCUT2D eigenvalue weighted by atomic mass is 35.5. The monoisotopic (exact) mass is 434 g/mol. The fraction of sp³-hybridized carbons (Fsp3) is 0.300. The summed E-state index contributed by atoms with van der Waals surface area (Å²) in [6, 6.07) is 8.29. The number of halogens is 2. The van der Waals surface area contributed by atoms with Crippen LogP contribution in [-0.4, -0.2) is 54.2 Å². The molecule has 8 nitrogen and oxygen atoms in total. The summed E-state index contributed by atoms with van der Waals surface area (Å²) in [5.74, 6) is -0.928. The van der Waals surface area contributed by atoms with Crippen LogP contribution < -0.4 is 10.2 Å². The van der Waals surface area contributed by atoms with Gasteiger partial charge in [-0.1, -0.05) is 11.6 Å². The van der Waals surface area contributed by atoms with Crippen LogP contribution in [0.3, 0.4) is 0 Å². The summed E-state index contributed by atoms with van der Waals surface area (Å²) in [6.07, 6.45) is 0. The summed E-state index contributed by atoms with van der Waals surface area (Å²) in [6.45, 7) is 3.67. The zero-order chi connectivity index (χ0) is 21.8. The van der Waals surface area contributed by atoms with Crippen LogP contribution in [0.15, 0.2) is 36.4 Å². The van der Waals surface area contributed by atoms with Crippen molar-refractivity contribution in [2.45, 2.75) is 6.92 Å². The molecule has 158 valence electrons. The highest BCUT2D eigenvalue weighted by molar-refractivity contribution is 6.34. The lowest BCUT2D eigenvalue weighted by Gasteiger charge is -2.35. The third kappa shape index (κ3) is 5.11. The topological polar surface area (TPSA) is 95.8 Å². The quantitative estimate of drug-likeness (QED) is 0.425. The first-order valence-corrected chi connectivity index (χ1v) is 9.64. The molecule has 0 spiro atoms. The van der Waals surface area contributed by atoms with Crippen LogP contribution in [0.4, 0.5) is 21.5 Å². The Kier molecular flexibility index (Phi) is 6.63. The van der Waals surface area contributed by atoms with E-state index in [1.807, 2.05) is 9.80 Å². The fourth-order valence-corrected chi connectivity index (χ4v) is 3.46. The second kappa shape index (κ2) is 9.19. The number of hydrogen-bond donors (Lipinski definition) is 1. The van der Waals surface area contributed by atoms with E-state index in [4.69, 9.17) is 11.6 Å². The zero-order valence-corrected chi connectivity index (χ0v) is 17.0. The third-order valence-corrected chi connectivity index (χ3v) is 5.18. The van der Waals surface area contributed by atoms with Crippen LogP contribution in [0, 0.1) is 15.9 Å². The van der Waals surface area contributed by atoms with E-state index in [-0.39, 0.29) is 28.9 Å². The van der Waals surface area contributed by atoms with E-state index >= 15 is 0 Å². The van der Waals surface area contributed by atoms with E-state index in [0.29, 0.717) is 43.1 Å². The van der Waals surface area contributed by atoms with Gasteiger partial charge in [0.25, 0.3) is 5.69 Å². The molecule has 2 aromatic carbocycles. The van der Waals surface area contributed by atoms with Gasteiger partial charge in [-0.25, -0.2) is 4.39 Å². The molecule has 0 unspecified atom stereocenters. The highest BCUT2D eigenvalue weighted by Crippen LogP contribution is 2.27. The Hall–Kier alpha value is -3.04. The van der Waals surface area contributed by atoms with Gasteiger partial charge in [-0.2, -0.15) is 0 Å². The lowest BCUT2D eigenvalue weighted by molar-refractivity contribution is -0.384. The summed E-state index contributed by atoms with van der Waals surface area (Å²) in [4.78, 5) is 37.7. The molecule has 0 atom stereocenters. The smallest absolute Gasteiger partial charge is 0.271 e. The SMILES string of the molecule is CC(=O)c1ccc(N2CCN(CC(=O)Nc3ccc([N+](=O)[O-])cc3Cl)CC2)c(F)c1. The minimum atomic E-state index is -0.562. The summed E-state index contributed by atoms with van der Waals surface area (Å²) in [5.41, 5.74) is 0.912. The molecule has 0 bridgehead atoms. The van der Waals surface area contributed by atoms with Crippen LogP contribution in [0.1, 0.15) is 17.3 Å². The van der Waals surface area contributed by atoms with Crippen molar-refractivity contribution in [2.75, 3.05) is 42.9 Å². The average molecular weight is 435 g/mol. The second-order valence-electron chi connectivity index (χ2n) is 6.96. The number of rotatable bonds is 6. The zero-order valence-electron chi connectivity index (χ0n) is 16.2. The van der Waals surface area contributed by atoms with Gasteiger partial charge >= 0.3 is 0 Å². The van der Waals surface area contributed by atoms with E-state index in [1.165, 1.54) is 31.2 Å². The standard InChI is InChI=1S/C20H20ClFN4O4/c1-13(27)14-2-5-19(17(22)10-14)25-8-6-24(7-9-25)12-20(28)23-18-4-3-15(26(29)30)11-16(18)21/h2-5,10-11H,6-9,12H2,1H3,(H,23,28). The molecule has 2 aromatic rings. The number of nitro groups is 1. The van der Waals surface area contributed by atoms with Gasteiger partial charge in [0.15, 0.2) is 5.78 Å². The van der Waals surface area contributed by atoms with E-state index in [1.54, 1.807) is 12.1 Å². The number of amides is 1. The van der Waals surface area contributed by atoms with Crippen molar-refractivity contribution in [3.8, 4) is 0 Å². The lowest BCUT2D eigenvalue weighted by Crippen LogP contribution is -2.49. The van der Waals surface area contributed by atoms with Crippen LogP contribution >= 0.6 is 11.6 Å². The molecule has 1 aliphatic rings. The number of piperazine rings is 1. The molecule has 10 heteroatoms. The van der Waals surface area contributed by atoms with Gasteiger partial charge in [0, 0.05) is 43.9 Å². The molecule has 1 saturated heterocycles. The predicted molar refractivity (Wildman–Crippen MR) is 112 cm³/mol. The maximum absolute atomic E-state index is 14.3. The Bertz CT molecular complexity index is 993. The molecule has 1 N–H and O–H groups in total. The fourth-order valence-electron chi connectivity index (χ4n) is 3.24. The molecule has 0 radical (unpaired) electrons. The number of carbonyl (C=O) groups excluding carboxylic acids is 2. The van der Waals surface area contributed by atoms with E-state index in [2.05, 4.69) is 5.32 Å². The van der Waals surface area contributed by atoms with Crippen LogP contribution in [0.2, 0.25) is 5.02 Å². The predicted octanol–water partition coefficient (Wildman–Crippen LogP) is 3.35. The van der Waals surface area contributed by atoms with Crippen molar-refractivity contribution in [1.29, 1.82) is 0 Å². The van der Waals surface area contributed by atoms with E-state index in [0.717, 1.165) is 0 Å². The molecular formula is C20H20ClFN4O4. The first-order valence-electron chi connectivity index (χ1n) is 9.26. The van der Waals surface area contributed by atoms with Gasteiger partial charge in [0.2, 0.25) is 5.91 Å². The molecule has 3 rings (SSSR count). The number of nitrogens with zero attached hydrogens (tertiary/aromatic N) is 3. The van der Waals surface area contributed by atoms with Gasteiger partial charge in [-0.3, -0.25) is 24.6 Å². The van der Waals surface area contributed by atoms with Crippen molar-refractivity contribution in [3.05, 3.63) is 62.9 Å². The van der Waals surface area contributed by atoms with Crippen molar-refractivity contribution in [3.63, 3.8) is 0 Å². The Morgan fingerprint density at radius 1 is 1.17 bits per heavy atom. The Morgan fingerprint density at radius 3 is 2.43 bits per heavy atom. The minimum absolute atomic E-state index is 0.0897. The van der Waals surface area contributed by atoms with Gasteiger partial charge in [-0.05, 0) is 31.2 Å². The molecule has 1 aliphatic heterocycles. The summed E-state index contributed by atoms with van der Waals surface area (Å²) >= 11 is 6.00. The highest BCUT2D eigenvalue weighted by Gasteiger charge is 2.22. The number of non-ortho nitro benzene ring substituents is 1. The number of benzene rings is 2. The number of nitrogens with one attached hydrogen (secondary N) is 1. The molecule has 0 saturated carbocycles. The van der Waals surface area contributed by atoms with Gasteiger partial charge in [-0.15, -0.1) is 0 Å². The molecule has 1 fully saturated rings. The average Bonchev–Trinajstić information content (AvgIpc) is 2.70. The van der Waals surface area contributed by atoms with Gasteiger partial charge < -0.3 is 10.2 Å². The maximum atomic E-state index is 14.3. The van der Waals surface area contributed by atoms with Crippen molar-refractivity contribution < 1.29 is 18.9 Å². The number of anilines is 2. The summed E-state index contributed by atoms with van der Waals surface area (Å²) in [5, 5.41) is 13.5. The molecular weight excluding hydrogens is 415 g/mol. The largest absolute Gasteiger partial charge is 0.367 e. The molecule has 1 amide bonds. The number of nitro benzene ring substituents is 1. The molecule has 30 heavy (non-hydrogen) atoms. The Labute approximate surface area is 177 Å². The summed E-state index contributed by atoms with van der Waals surface area (Å²) in [7, 11) is 0. The Balaban J connectivity index is 1.54. The van der Waals surface area contributed by atoms with Crippen molar-refractivity contribution in [2.24, 2.45) is 0 Å². The van der Waals surface area contributed by atoms with Gasteiger partial charge in [0.05, 0.1) is 27.9 Å². The van der Waals surface area contributed by atoms with Crippen LogP contribution in [-0.2, 0) is 4.79 Å². The van der Waals surface area contributed by atoms with Crippen molar-refractivity contribution in [1.82, 2.24) is 4.90 Å². The second-order valence-corrected chi connectivity index (χ2v) is 7.36. The molecule has 1 heterocycles. The number of carbonyl (C=O) groups is 2. The molecule has 0 aromatic heterocycles. The number of Topliss-reactive ketones (excluding diaryl/α,β-unsaturated/α-hetero) is 1. The van der Waals surface area contributed by atoms with Gasteiger partial charge in [0.1, 0.15) is 5.82 Å². The van der Waals surface area contributed by atoms with E-state index in [9.17, 15) is 24.1 Å². The molecule has 0 aliphatic carbocycles. The van der Waals surface area contributed by atoms with Crippen molar-refractivity contribution >= 4 is 40.4 Å². The first kappa shape index (κ1) is 21.7. The van der Waals surface area contributed by atoms with Crippen LogP contribution in [0.5, 0.6) is 0 Å². The Morgan fingerprint density at radius 2 is 1.87 bits per heavy atom. The third-order valence-electron chi connectivity index (χ3n) is 4.87. The van der Waals surface area contributed by atoms with Crippen LogP contribution in [0.25, 0.3) is 0 Å². The first-order chi connectivity index (χ1) is 14.2. The number of ketones is 1. The minimum Gasteiger partial charge on any atom is -0.367 e. The normalized spacial score (nSPS) is 14.4. The maximum Gasteiger partial charge on any atom is 0.271 e.